The first-order valence-electron chi connectivity index (χ1n) is 5.94. The standard InChI is InChI=1S/C12H26N2O2/c1-6-7-12(4,13)11(15)14-10(8-16-5)9(2)3/h9-10H,6-8,13H2,1-5H3,(H,14,15). The Morgan fingerprint density at radius 1 is 1.50 bits per heavy atom. The molecule has 0 bridgehead atoms. The van der Waals surface area contributed by atoms with Crippen molar-refractivity contribution in [2.75, 3.05) is 13.7 Å². The number of amides is 1. The first-order chi connectivity index (χ1) is 7.35. The van der Waals surface area contributed by atoms with E-state index in [-0.39, 0.29) is 11.9 Å². The van der Waals surface area contributed by atoms with Crippen molar-refractivity contribution in [1.29, 1.82) is 0 Å². The number of nitrogens with one attached hydrogen (secondary N) is 1. The Kier molecular flexibility index (Phi) is 6.60. The van der Waals surface area contributed by atoms with E-state index < -0.39 is 5.54 Å². The Labute approximate surface area is 98.9 Å². The maximum absolute atomic E-state index is 12.0. The Balaban J connectivity index is 4.39. The normalized spacial score (nSPS) is 16.9. The van der Waals surface area contributed by atoms with Crippen molar-refractivity contribution in [1.82, 2.24) is 5.32 Å². The van der Waals surface area contributed by atoms with Gasteiger partial charge >= 0.3 is 0 Å². The van der Waals surface area contributed by atoms with Gasteiger partial charge in [-0.15, -0.1) is 0 Å². The molecule has 3 N–H and O–H groups in total. The third kappa shape index (κ3) is 4.94. The number of hydrogen-bond acceptors (Lipinski definition) is 3. The van der Waals surface area contributed by atoms with E-state index in [4.69, 9.17) is 10.5 Å². The molecule has 0 aliphatic rings. The smallest absolute Gasteiger partial charge is 0.240 e. The van der Waals surface area contributed by atoms with Crippen LogP contribution in [0.3, 0.4) is 0 Å². The topological polar surface area (TPSA) is 64.4 Å². The second-order valence-corrected chi connectivity index (χ2v) is 4.95. The monoisotopic (exact) mass is 230 g/mol. The summed E-state index contributed by atoms with van der Waals surface area (Å²) in [5.41, 5.74) is 5.18. The molecule has 0 spiro atoms. The zero-order valence-corrected chi connectivity index (χ0v) is 11.2. The van der Waals surface area contributed by atoms with Gasteiger partial charge in [0.15, 0.2) is 0 Å². The molecular weight excluding hydrogens is 204 g/mol. The molecule has 96 valence electrons. The third-order valence-electron chi connectivity index (χ3n) is 2.76. The van der Waals surface area contributed by atoms with Crippen LogP contribution in [-0.4, -0.2) is 31.2 Å². The Bertz CT molecular complexity index is 215. The molecule has 0 aliphatic heterocycles. The van der Waals surface area contributed by atoms with Crippen molar-refractivity contribution >= 4 is 5.91 Å². The van der Waals surface area contributed by atoms with Crippen LogP contribution in [0.1, 0.15) is 40.5 Å². The molecule has 2 atom stereocenters. The molecule has 4 heteroatoms. The van der Waals surface area contributed by atoms with Gasteiger partial charge in [-0.3, -0.25) is 4.79 Å². The highest BCUT2D eigenvalue weighted by Gasteiger charge is 2.29. The molecule has 0 radical (unpaired) electrons. The molecule has 0 fully saturated rings. The Morgan fingerprint density at radius 3 is 2.44 bits per heavy atom. The fourth-order valence-corrected chi connectivity index (χ4v) is 1.55. The van der Waals surface area contributed by atoms with Gasteiger partial charge in [0.2, 0.25) is 5.91 Å². The molecule has 2 unspecified atom stereocenters. The molecule has 1 amide bonds. The first kappa shape index (κ1) is 15.4. The molecule has 0 rings (SSSR count). The van der Waals surface area contributed by atoms with E-state index in [0.29, 0.717) is 18.9 Å². The summed E-state index contributed by atoms with van der Waals surface area (Å²) in [5, 5.41) is 2.95. The van der Waals surface area contributed by atoms with Gasteiger partial charge in [0.05, 0.1) is 18.2 Å². The van der Waals surface area contributed by atoms with Crippen molar-refractivity contribution in [3.63, 3.8) is 0 Å². The highest BCUT2D eigenvalue weighted by atomic mass is 16.5. The quantitative estimate of drug-likeness (QED) is 0.692. The average Bonchev–Trinajstić information content (AvgIpc) is 2.16. The minimum Gasteiger partial charge on any atom is -0.383 e. The number of hydrogen-bond donors (Lipinski definition) is 2. The summed E-state index contributed by atoms with van der Waals surface area (Å²) < 4.78 is 5.08. The highest BCUT2D eigenvalue weighted by Crippen LogP contribution is 2.10. The van der Waals surface area contributed by atoms with Crippen molar-refractivity contribution in [2.24, 2.45) is 11.7 Å². The maximum atomic E-state index is 12.0. The van der Waals surface area contributed by atoms with Crippen LogP contribution in [0.2, 0.25) is 0 Å². The summed E-state index contributed by atoms with van der Waals surface area (Å²) in [5.74, 6) is 0.242. The predicted molar refractivity (Wildman–Crippen MR) is 66.1 cm³/mol. The minimum absolute atomic E-state index is 0.0252. The number of nitrogens with two attached hydrogens (primary N) is 1. The van der Waals surface area contributed by atoms with E-state index in [1.807, 2.05) is 6.92 Å². The molecule has 4 nitrogen and oxygen atoms in total. The van der Waals surface area contributed by atoms with Crippen LogP contribution in [0, 0.1) is 5.92 Å². The fraction of sp³-hybridized carbons (Fsp3) is 0.917. The van der Waals surface area contributed by atoms with Crippen LogP contribution in [0.25, 0.3) is 0 Å². The van der Waals surface area contributed by atoms with Gasteiger partial charge in [0.25, 0.3) is 0 Å². The van der Waals surface area contributed by atoms with Gasteiger partial charge in [0, 0.05) is 7.11 Å². The van der Waals surface area contributed by atoms with Gasteiger partial charge in [-0.1, -0.05) is 27.2 Å². The second-order valence-electron chi connectivity index (χ2n) is 4.95. The van der Waals surface area contributed by atoms with Crippen LogP contribution in [0.15, 0.2) is 0 Å². The van der Waals surface area contributed by atoms with Crippen molar-refractivity contribution in [3.05, 3.63) is 0 Å². The van der Waals surface area contributed by atoms with E-state index in [9.17, 15) is 4.79 Å². The van der Waals surface area contributed by atoms with Gasteiger partial charge in [-0.05, 0) is 19.3 Å². The summed E-state index contributed by atoms with van der Waals surface area (Å²) in [4.78, 5) is 12.0. The van der Waals surface area contributed by atoms with Crippen molar-refractivity contribution in [3.8, 4) is 0 Å². The molecule has 0 aliphatic carbocycles. The van der Waals surface area contributed by atoms with E-state index in [1.165, 1.54) is 0 Å². The van der Waals surface area contributed by atoms with E-state index in [1.54, 1.807) is 14.0 Å². The number of ether oxygens (including phenoxy) is 1. The SMILES string of the molecule is CCCC(C)(N)C(=O)NC(COC)C(C)C. The van der Waals surface area contributed by atoms with Crippen LogP contribution in [0.4, 0.5) is 0 Å². The lowest BCUT2D eigenvalue weighted by atomic mass is 9.95. The third-order valence-corrected chi connectivity index (χ3v) is 2.76. The van der Waals surface area contributed by atoms with Crippen LogP contribution in [0.5, 0.6) is 0 Å². The second kappa shape index (κ2) is 6.86. The number of carbonyl (C=O) groups excluding carboxylic acids is 1. The first-order valence-corrected chi connectivity index (χ1v) is 5.94. The summed E-state index contributed by atoms with van der Waals surface area (Å²) >= 11 is 0. The number of carbonyl (C=O) groups is 1. The van der Waals surface area contributed by atoms with E-state index in [0.717, 1.165) is 6.42 Å². The largest absolute Gasteiger partial charge is 0.383 e. The van der Waals surface area contributed by atoms with E-state index in [2.05, 4.69) is 19.2 Å². The van der Waals surface area contributed by atoms with E-state index >= 15 is 0 Å². The van der Waals surface area contributed by atoms with Gasteiger partial charge in [-0.2, -0.15) is 0 Å². The van der Waals surface area contributed by atoms with Crippen LogP contribution in [-0.2, 0) is 9.53 Å². The van der Waals surface area contributed by atoms with Crippen LogP contribution < -0.4 is 11.1 Å². The lowest BCUT2D eigenvalue weighted by Gasteiger charge is -2.28. The van der Waals surface area contributed by atoms with Gasteiger partial charge in [0.1, 0.15) is 0 Å². The molecule has 16 heavy (non-hydrogen) atoms. The van der Waals surface area contributed by atoms with Gasteiger partial charge < -0.3 is 15.8 Å². The predicted octanol–water partition coefficient (Wildman–Crippen LogP) is 1.29. The molecule has 0 saturated carbocycles. The summed E-state index contributed by atoms with van der Waals surface area (Å²) in [6, 6.07) is 0.0252. The molecule has 0 aromatic carbocycles. The summed E-state index contributed by atoms with van der Waals surface area (Å²) in [6.45, 7) is 8.42. The Morgan fingerprint density at radius 2 is 2.06 bits per heavy atom. The Hall–Kier alpha value is -0.610. The number of rotatable bonds is 7. The highest BCUT2D eigenvalue weighted by molar-refractivity contribution is 5.85. The lowest BCUT2D eigenvalue weighted by Crippen LogP contribution is -2.56. The number of methoxy groups -OCH3 is 1. The molecule has 0 aromatic heterocycles. The zero-order chi connectivity index (χ0) is 12.8. The molecular formula is C12H26N2O2. The van der Waals surface area contributed by atoms with Crippen molar-refractivity contribution in [2.45, 2.75) is 52.1 Å². The molecule has 0 saturated heterocycles. The average molecular weight is 230 g/mol. The van der Waals surface area contributed by atoms with Crippen molar-refractivity contribution < 1.29 is 9.53 Å². The van der Waals surface area contributed by atoms with Crippen LogP contribution >= 0.6 is 0 Å². The summed E-state index contributed by atoms with van der Waals surface area (Å²) in [7, 11) is 1.63. The molecule has 0 heterocycles. The fourth-order valence-electron chi connectivity index (χ4n) is 1.55. The zero-order valence-electron chi connectivity index (χ0n) is 11.2. The lowest BCUT2D eigenvalue weighted by molar-refractivity contribution is -0.127. The summed E-state index contributed by atoms with van der Waals surface area (Å²) in [6.07, 6.45) is 1.59. The van der Waals surface area contributed by atoms with Gasteiger partial charge in [-0.25, -0.2) is 0 Å². The maximum Gasteiger partial charge on any atom is 0.240 e. The minimum atomic E-state index is -0.782. The molecule has 0 aromatic rings.